The number of hydrazine groups is 1. The van der Waals surface area contributed by atoms with E-state index in [1.165, 1.54) is 12.5 Å². The predicted octanol–water partition coefficient (Wildman–Crippen LogP) is 3.36. The second-order valence-corrected chi connectivity index (χ2v) is 5.79. The molecule has 0 N–H and O–H groups in total. The first-order chi connectivity index (χ1) is 9.53. The standard InChI is InChI=1S/C16H23FN2O/c1-14(17)8-4-3-6-12-18-15(20)9-11-16(2)10-5-7-13-19(16)18/h3-4,6,8H,1,5,7,9-13H2,2H3/b6-3+,8-4-. The van der Waals surface area contributed by atoms with Crippen molar-refractivity contribution in [1.82, 2.24) is 10.0 Å². The molecule has 3 nitrogen and oxygen atoms in total. The Kier molecular flexibility index (Phi) is 4.76. The molecule has 0 aromatic rings. The van der Waals surface area contributed by atoms with Crippen molar-refractivity contribution in [3.05, 3.63) is 36.7 Å². The van der Waals surface area contributed by atoms with Gasteiger partial charge in [0, 0.05) is 18.5 Å². The molecule has 0 aromatic carbocycles. The molecular formula is C16H23FN2O. The van der Waals surface area contributed by atoms with E-state index >= 15 is 0 Å². The van der Waals surface area contributed by atoms with Crippen LogP contribution in [-0.4, -0.2) is 34.6 Å². The summed E-state index contributed by atoms with van der Waals surface area (Å²) in [6, 6.07) is 0. The monoisotopic (exact) mass is 278 g/mol. The third kappa shape index (κ3) is 3.37. The molecule has 110 valence electrons. The molecule has 2 heterocycles. The summed E-state index contributed by atoms with van der Waals surface area (Å²) < 4.78 is 12.4. The zero-order chi connectivity index (χ0) is 14.6. The maximum atomic E-state index is 12.4. The van der Waals surface area contributed by atoms with Gasteiger partial charge in [0.25, 0.3) is 0 Å². The molecule has 0 aromatic heterocycles. The Morgan fingerprint density at radius 3 is 2.95 bits per heavy atom. The van der Waals surface area contributed by atoms with Crippen LogP contribution in [0.15, 0.2) is 36.7 Å². The topological polar surface area (TPSA) is 23.6 Å². The summed E-state index contributed by atoms with van der Waals surface area (Å²) in [4.78, 5) is 12.1. The van der Waals surface area contributed by atoms with Crippen molar-refractivity contribution in [3.8, 4) is 0 Å². The first-order valence-electron chi connectivity index (χ1n) is 7.28. The highest BCUT2D eigenvalue weighted by molar-refractivity contribution is 5.76. The number of carbonyl (C=O) groups is 1. The van der Waals surface area contributed by atoms with Crippen LogP contribution in [0.4, 0.5) is 4.39 Å². The van der Waals surface area contributed by atoms with E-state index in [4.69, 9.17) is 0 Å². The van der Waals surface area contributed by atoms with Crippen LogP contribution in [-0.2, 0) is 4.79 Å². The molecule has 0 radical (unpaired) electrons. The summed E-state index contributed by atoms with van der Waals surface area (Å²) in [5, 5.41) is 4.10. The largest absolute Gasteiger partial charge is 0.273 e. The molecule has 0 bridgehead atoms. The number of allylic oxidation sites excluding steroid dienone is 4. The number of rotatable bonds is 4. The number of hydrogen-bond donors (Lipinski definition) is 0. The van der Waals surface area contributed by atoms with Crippen LogP contribution in [0.2, 0.25) is 0 Å². The van der Waals surface area contributed by atoms with Crippen molar-refractivity contribution in [1.29, 1.82) is 0 Å². The second kappa shape index (κ2) is 6.35. The smallest absolute Gasteiger partial charge is 0.237 e. The third-order valence-electron chi connectivity index (χ3n) is 4.22. The van der Waals surface area contributed by atoms with Gasteiger partial charge in [-0.2, -0.15) is 0 Å². The van der Waals surface area contributed by atoms with Crippen molar-refractivity contribution in [2.45, 2.75) is 44.6 Å². The lowest BCUT2D eigenvalue weighted by Crippen LogP contribution is -2.63. The van der Waals surface area contributed by atoms with E-state index in [1.807, 2.05) is 11.1 Å². The molecule has 2 aliphatic rings. The Hall–Kier alpha value is -1.42. The van der Waals surface area contributed by atoms with Gasteiger partial charge in [-0.1, -0.05) is 31.2 Å². The van der Waals surface area contributed by atoms with Gasteiger partial charge in [-0.25, -0.2) is 9.40 Å². The number of carbonyl (C=O) groups excluding carboxylic acids is 1. The van der Waals surface area contributed by atoms with E-state index in [2.05, 4.69) is 18.5 Å². The Morgan fingerprint density at radius 1 is 1.40 bits per heavy atom. The number of piperidine rings is 1. The lowest BCUT2D eigenvalue weighted by Gasteiger charge is -2.53. The fourth-order valence-electron chi connectivity index (χ4n) is 3.07. The fraction of sp³-hybridized carbons (Fsp3) is 0.562. The van der Waals surface area contributed by atoms with E-state index in [-0.39, 0.29) is 11.4 Å². The van der Waals surface area contributed by atoms with Gasteiger partial charge in [-0.05, 0) is 32.3 Å². The van der Waals surface area contributed by atoms with E-state index in [9.17, 15) is 9.18 Å². The molecule has 2 aliphatic heterocycles. The number of fused-ring (bicyclic) bond motifs is 1. The number of halogens is 1. The molecule has 2 rings (SSSR count). The molecule has 1 unspecified atom stereocenters. The van der Waals surface area contributed by atoms with Gasteiger partial charge in [0.15, 0.2) is 0 Å². The summed E-state index contributed by atoms with van der Waals surface area (Å²) >= 11 is 0. The molecule has 0 spiro atoms. The summed E-state index contributed by atoms with van der Waals surface area (Å²) in [7, 11) is 0. The normalized spacial score (nSPS) is 28.3. The maximum absolute atomic E-state index is 12.4. The van der Waals surface area contributed by atoms with Gasteiger partial charge in [0.2, 0.25) is 5.91 Å². The zero-order valence-electron chi connectivity index (χ0n) is 12.1. The van der Waals surface area contributed by atoms with Gasteiger partial charge in [0.05, 0.1) is 6.54 Å². The lowest BCUT2D eigenvalue weighted by molar-refractivity contribution is -0.180. The van der Waals surface area contributed by atoms with Gasteiger partial charge < -0.3 is 0 Å². The second-order valence-electron chi connectivity index (χ2n) is 5.79. The minimum Gasteiger partial charge on any atom is -0.273 e. The van der Waals surface area contributed by atoms with Gasteiger partial charge in [-0.15, -0.1) is 0 Å². The van der Waals surface area contributed by atoms with Crippen molar-refractivity contribution >= 4 is 5.91 Å². The molecule has 0 aliphatic carbocycles. The summed E-state index contributed by atoms with van der Waals surface area (Å²) in [6.07, 6.45) is 11.7. The molecule has 2 fully saturated rings. The van der Waals surface area contributed by atoms with Crippen LogP contribution in [0.25, 0.3) is 0 Å². The van der Waals surface area contributed by atoms with E-state index in [0.717, 1.165) is 25.8 Å². The first-order valence-corrected chi connectivity index (χ1v) is 7.28. The molecule has 1 atom stereocenters. The van der Waals surface area contributed by atoms with Gasteiger partial charge in [-0.3, -0.25) is 9.80 Å². The Bertz CT molecular complexity index is 444. The Morgan fingerprint density at radius 2 is 2.20 bits per heavy atom. The minimum atomic E-state index is -0.465. The average molecular weight is 278 g/mol. The predicted molar refractivity (Wildman–Crippen MR) is 78.4 cm³/mol. The number of amides is 1. The fourth-order valence-corrected chi connectivity index (χ4v) is 3.07. The van der Waals surface area contributed by atoms with Gasteiger partial charge in [0.1, 0.15) is 5.83 Å². The van der Waals surface area contributed by atoms with E-state index in [0.29, 0.717) is 13.0 Å². The highest BCUT2D eigenvalue weighted by Crippen LogP contribution is 2.36. The SMILES string of the molecule is C=C(F)/C=C\C=C\CN1C(=O)CCC2(C)CCCCN12. The van der Waals surface area contributed by atoms with E-state index < -0.39 is 5.83 Å². The van der Waals surface area contributed by atoms with Crippen LogP contribution < -0.4 is 0 Å². The minimum absolute atomic E-state index is 0.128. The number of hydrogen-bond acceptors (Lipinski definition) is 2. The molecule has 1 amide bonds. The Labute approximate surface area is 120 Å². The molecule has 0 saturated carbocycles. The van der Waals surface area contributed by atoms with Crippen LogP contribution in [0.3, 0.4) is 0 Å². The highest BCUT2D eigenvalue weighted by atomic mass is 19.1. The summed E-state index contributed by atoms with van der Waals surface area (Å²) in [5.74, 6) is -0.278. The molecule has 20 heavy (non-hydrogen) atoms. The van der Waals surface area contributed by atoms with Crippen molar-refractivity contribution < 1.29 is 9.18 Å². The van der Waals surface area contributed by atoms with Crippen LogP contribution in [0.5, 0.6) is 0 Å². The molecule has 4 heteroatoms. The summed E-state index contributed by atoms with van der Waals surface area (Å²) in [5.41, 5.74) is 0.128. The van der Waals surface area contributed by atoms with Crippen molar-refractivity contribution in [2.24, 2.45) is 0 Å². The third-order valence-corrected chi connectivity index (χ3v) is 4.22. The highest BCUT2D eigenvalue weighted by Gasteiger charge is 2.42. The molecular weight excluding hydrogens is 255 g/mol. The number of nitrogens with zero attached hydrogens (tertiary/aromatic N) is 2. The van der Waals surface area contributed by atoms with Crippen molar-refractivity contribution in [2.75, 3.05) is 13.1 Å². The van der Waals surface area contributed by atoms with Crippen LogP contribution in [0, 0.1) is 0 Å². The van der Waals surface area contributed by atoms with Crippen LogP contribution in [0.1, 0.15) is 39.0 Å². The Balaban J connectivity index is 2.00. The van der Waals surface area contributed by atoms with Crippen molar-refractivity contribution in [3.63, 3.8) is 0 Å². The summed E-state index contributed by atoms with van der Waals surface area (Å²) in [6.45, 7) is 6.91. The maximum Gasteiger partial charge on any atom is 0.237 e. The van der Waals surface area contributed by atoms with Crippen LogP contribution >= 0.6 is 0 Å². The quantitative estimate of drug-likeness (QED) is 0.736. The molecule has 2 saturated heterocycles. The average Bonchev–Trinajstić information content (AvgIpc) is 2.40. The lowest BCUT2D eigenvalue weighted by atomic mass is 9.84. The van der Waals surface area contributed by atoms with Gasteiger partial charge >= 0.3 is 0 Å². The van der Waals surface area contributed by atoms with E-state index in [1.54, 1.807) is 12.2 Å². The zero-order valence-corrected chi connectivity index (χ0v) is 12.1. The first kappa shape index (κ1) is 15.0.